The van der Waals surface area contributed by atoms with Gasteiger partial charge in [0.25, 0.3) is 0 Å². The van der Waals surface area contributed by atoms with Crippen molar-refractivity contribution in [3.8, 4) is 0 Å². The second-order valence-corrected chi connectivity index (χ2v) is 9.02. The summed E-state index contributed by atoms with van der Waals surface area (Å²) >= 11 is 2.20. The van der Waals surface area contributed by atoms with Gasteiger partial charge in [0, 0.05) is 21.3 Å². The highest BCUT2D eigenvalue weighted by atomic mass is 127. The Morgan fingerprint density at radius 2 is 2.00 bits per heavy atom. The zero-order valence-corrected chi connectivity index (χ0v) is 14.7. The minimum atomic E-state index is -3.05. The van der Waals surface area contributed by atoms with Crippen LogP contribution in [0.1, 0.15) is 41.6 Å². The molecule has 0 spiro atoms. The van der Waals surface area contributed by atoms with Crippen molar-refractivity contribution in [2.24, 2.45) is 5.92 Å². The summed E-state index contributed by atoms with van der Waals surface area (Å²) in [6.07, 6.45) is 4.06. The Morgan fingerprint density at radius 1 is 1.30 bits per heavy atom. The molecule has 0 bridgehead atoms. The van der Waals surface area contributed by atoms with Crippen molar-refractivity contribution in [2.75, 3.05) is 6.26 Å². The lowest BCUT2D eigenvalue weighted by molar-refractivity contribution is 0.0890. The van der Waals surface area contributed by atoms with E-state index in [2.05, 4.69) is 22.6 Å². The zero-order valence-electron chi connectivity index (χ0n) is 11.7. The number of carbonyl (C=O) groups is 1. The van der Waals surface area contributed by atoms with Gasteiger partial charge < -0.3 is 0 Å². The molecule has 0 heterocycles. The molecule has 1 fully saturated rings. The first kappa shape index (κ1) is 15.9. The molecule has 1 aromatic carbocycles. The van der Waals surface area contributed by atoms with Crippen LogP contribution in [-0.4, -0.2) is 25.7 Å². The minimum absolute atomic E-state index is 0.103. The molecule has 20 heavy (non-hydrogen) atoms. The van der Waals surface area contributed by atoms with Crippen LogP contribution in [0.3, 0.4) is 0 Å². The van der Waals surface area contributed by atoms with E-state index in [0.29, 0.717) is 12.8 Å². The number of ketones is 1. The number of aryl methyl sites for hydroxylation is 1. The fraction of sp³-hybridized carbons (Fsp3) is 0.533. The van der Waals surface area contributed by atoms with E-state index >= 15 is 0 Å². The average molecular weight is 406 g/mol. The molecule has 2 unspecified atom stereocenters. The standard InChI is InChI=1S/C15H19IO3S/c1-10-5-3-8-13(14(10)16)15(17)11-6-4-7-12(9-11)20(2,18)19/h3,5,8,11-12H,4,6-7,9H2,1-2H3. The molecule has 2 atom stereocenters. The lowest BCUT2D eigenvalue weighted by atomic mass is 9.83. The Morgan fingerprint density at radius 3 is 2.65 bits per heavy atom. The van der Waals surface area contributed by atoms with Gasteiger partial charge in [0.2, 0.25) is 0 Å². The predicted molar refractivity (Wildman–Crippen MR) is 88.8 cm³/mol. The number of carbonyl (C=O) groups excluding carboxylic acids is 1. The van der Waals surface area contributed by atoms with Gasteiger partial charge in [-0.1, -0.05) is 24.6 Å². The van der Waals surface area contributed by atoms with Crippen molar-refractivity contribution in [1.82, 2.24) is 0 Å². The normalized spacial score (nSPS) is 23.6. The van der Waals surface area contributed by atoms with Crippen LogP contribution in [0.2, 0.25) is 0 Å². The zero-order chi connectivity index (χ0) is 14.9. The molecule has 5 heteroatoms. The molecule has 0 aliphatic heterocycles. The van der Waals surface area contributed by atoms with Crippen LogP contribution in [0.25, 0.3) is 0 Å². The third-order valence-corrected chi connectivity index (χ3v) is 7.13. The molecular weight excluding hydrogens is 387 g/mol. The molecule has 3 nitrogen and oxygen atoms in total. The van der Waals surface area contributed by atoms with Crippen molar-refractivity contribution in [1.29, 1.82) is 0 Å². The van der Waals surface area contributed by atoms with Crippen LogP contribution in [0, 0.1) is 16.4 Å². The largest absolute Gasteiger partial charge is 0.294 e. The van der Waals surface area contributed by atoms with E-state index in [4.69, 9.17) is 0 Å². The molecule has 1 aliphatic carbocycles. The monoisotopic (exact) mass is 406 g/mol. The van der Waals surface area contributed by atoms with E-state index in [1.807, 2.05) is 25.1 Å². The SMILES string of the molecule is Cc1cccc(C(=O)C2CCCC(S(C)(=O)=O)C2)c1I. The lowest BCUT2D eigenvalue weighted by Gasteiger charge is -2.27. The molecule has 2 rings (SSSR count). The molecule has 0 saturated heterocycles. The number of hydrogen-bond donors (Lipinski definition) is 0. The van der Waals surface area contributed by atoms with E-state index in [0.717, 1.165) is 27.5 Å². The Labute approximate surface area is 134 Å². The summed E-state index contributed by atoms with van der Waals surface area (Å²) in [6.45, 7) is 1.98. The molecule has 110 valence electrons. The first-order chi connectivity index (χ1) is 9.30. The highest BCUT2D eigenvalue weighted by Gasteiger charge is 2.33. The Bertz CT molecular complexity index is 622. The lowest BCUT2D eigenvalue weighted by Crippen LogP contribution is -2.31. The average Bonchev–Trinajstić information content (AvgIpc) is 2.40. The summed E-state index contributed by atoms with van der Waals surface area (Å²) in [5.41, 5.74) is 1.83. The van der Waals surface area contributed by atoms with Gasteiger partial charge in [0.15, 0.2) is 5.78 Å². The van der Waals surface area contributed by atoms with Crippen LogP contribution in [-0.2, 0) is 9.84 Å². The highest BCUT2D eigenvalue weighted by molar-refractivity contribution is 14.1. The molecule has 1 aromatic rings. The maximum absolute atomic E-state index is 12.6. The molecule has 0 N–H and O–H groups in total. The second-order valence-electron chi connectivity index (χ2n) is 5.62. The fourth-order valence-electron chi connectivity index (χ4n) is 2.83. The molecule has 1 saturated carbocycles. The number of Topliss-reactive ketones (excluding diaryl/α,β-unsaturated/α-hetero) is 1. The van der Waals surface area contributed by atoms with Crippen LogP contribution >= 0.6 is 22.6 Å². The Balaban J connectivity index is 2.23. The van der Waals surface area contributed by atoms with Crippen LogP contribution in [0.4, 0.5) is 0 Å². The van der Waals surface area contributed by atoms with Gasteiger partial charge in [-0.15, -0.1) is 0 Å². The molecular formula is C15H19IO3S. The topological polar surface area (TPSA) is 51.2 Å². The number of benzene rings is 1. The first-order valence-corrected chi connectivity index (χ1v) is 9.82. The number of rotatable bonds is 3. The van der Waals surface area contributed by atoms with Crippen LogP contribution in [0.15, 0.2) is 18.2 Å². The number of hydrogen-bond acceptors (Lipinski definition) is 3. The maximum atomic E-state index is 12.6. The summed E-state index contributed by atoms with van der Waals surface area (Å²) in [6, 6.07) is 5.72. The Hall–Kier alpha value is -0.430. The van der Waals surface area contributed by atoms with Gasteiger partial charge in [0.1, 0.15) is 9.84 Å². The van der Waals surface area contributed by atoms with Gasteiger partial charge in [0.05, 0.1) is 5.25 Å². The van der Waals surface area contributed by atoms with Gasteiger partial charge >= 0.3 is 0 Å². The van der Waals surface area contributed by atoms with E-state index < -0.39 is 9.84 Å². The Kier molecular flexibility index (Phi) is 4.89. The van der Waals surface area contributed by atoms with Crippen molar-refractivity contribution in [2.45, 2.75) is 37.9 Å². The maximum Gasteiger partial charge on any atom is 0.167 e. The first-order valence-electron chi connectivity index (χ1n) is 6.79. The highest BCUT2D eigenvalue weighted by Crippen LogP contribution is 2.32. The van der Waals surface area contributed by atoms with E-state index in [1.165, 1.54) is 6.26 Å². The smallest absolute Gasteiger partial charge is 0.167 e. The van der Waals surface area contributed by atoms with E-state index in [9.17, 15) is 13.2 Å². The third-order valence-electron chi connectivity index (χ3n) is 4.06. The number of halogens is 1. The minimum Gasteiger partial charge on any atom is -0.294 e. The van der Waals surface area contributed by atoms with E-state index in [-0.39, 0.29) is 17.0 Å². The summed E-state index contributed by atoms with van der Waals surface area (Å²) < 4.78 is 24.4. The predicted octanol–water partition coefficient (Wildman–Crippen LogP) is 3.39. The molecule has 0 amide bonds. The van der Waals surface area contributed by atoms with Gasteiger partial charge in [-0.2, -0.15) is 0 Å². The summed E-state index contributed by atoms with van der Waals surface area (Å²) in [7, 11) is -3.05. The molecule has 0 aromatic heterocycles. The van der Waals surface area contributed by atoms with Crippen LogP contribution < -0.4 is 0 Å². The van der Waals surface area contributed by atoms with Crippen molar-refractivity contribution in [3.05, 3.63) is 32.9 Å². The number of sulfone groups is 1. The second kappa shape index (κ2) is 6.13. The van der Waals surface area contributed by atoms with E-state index in [1.54, 1.807) is 0 Å². The third kappa shape index (κ3) is 3.42. The molecule has 0 radical (unpaired) electrons. The molecule has 1 aliphatic rings. The van der Waals surface area contributed by atoms with Gasteiger partial charge in [-0.05, 0) is 54.3 Å². The van der Waals surface area contributed by atoms with Gasteiger partial charge in [-0.25, -0.2) is 8.42 Å². The quantitative estimate of drug-likeness (QED) is 0.571. The summed E-state index contributed by atoms with van der Waals surface area (Å²) in [4.78, 5) is 12.6. The van der Waals surface area contributed by atoms with Gasteiger partial charge in [-0.3, -0.25) is 4.79 Å². The van der Waals surface area contributed by atoms with Crippen molar-refractivity contribution in [3.63, 3.8) is 0 Å². The summed E-state index contributed by atoms with van der Waals surface area (Å²) in [5, 5.41) is -0.354. The fourth-order valence-corrected chi connectivity index (χ4v) is 4.63. The van der Waals surface area contributed by atoms with Crippen LogP contribution in [0.5, 0.6) is 0 Å². The van der Waals surface area contributed by atoms with Crippen molar-refractivity contribution >= 4 is 38.2 Å². The summed E-state index contributed by atoms with van der Waals surface area (Å²) in [5.74, 6) is -0.0507. The van der Waals surface area contributed by atoms with Crippen molar-refractivity contribution < 1.29 is 13.2 Å².